The fourth-order valence-corrected chi connectivity index (χ4v) is 4.94. The molecule has 0 heterocycles. The van der Waals surface area contributed by atoms with Crippen LogP contribution in [0.4, 0.5) is 10.5 Å². The van der Waals surface area contributed by atoms with E-state index in [1.807, 2.05) is 58.0 Å². The fourth-order valence-electron chi connectivity index (χ4n) is 4.67. The van der Waals surface area contributed by atoms with Crippen LogP contribution in [0.5, 0.6) is 0 Å². The van der Waals surface area contributed by atoms with Gasteiger partial charge in [-0.3, -0.25) is 9.59 Å². The summed E-state index contributed by atoms with van der Waals surface area (Å²) in [7, 11) is 0. The summed E-state index contributed by atoms with van der Waals surface area (Å²) in [4.78, 5) is 42.5. The fraction of sp³-hybridized carbons (Fsp3) is 0.531. The molecule has 2 aromatic carbocycles. The van der Waals surface area contributed by atoms with E-state index in [1.165, 1.54) is 0 Å². The highest BCUT2D eigenvalue weighted by Crippen LogP contribution is 2.32. The van der Waals surface area contributed by atoms with E-state index < -0.39 is 23.8 Å². The van der Waals surface area contributed by atoms with Crippen molar-refractivity contribution >= 4 is 35.2 Å². The Bertz CT molecular complexity index is 1160. The van der Waals surface area contributed by atoms with E-state index in [0.717, 1.165) is 23.1 Å². The van der Waals surface area contributed by atoms with Crippen LogP contribution >= 0.6 is 11.6 Å². The first kappa shape index (κ1) is 33.1. The molecular weight excluding hydrogens is 526 g/mol. The molecule has 3 unspecified atom stereocenters. The summed E-state index contributed by atoms with van der Waals surface area (Å²) in [5.74, 6) is -0.344. The lowest BCUT2D eigenvalue weighted by molar-refractivity contribution is -0.143. The monoisotopic (exact) mass is 571 g/mol. The van der Waals surface area contributed by atoms with Crippen molar-refractivity contribution in [2.75, 3.05) is 5.32 Å². The molecule has 0 saturated carbocycles. The topological polar surface area (TPSA) is 87.7 Å². The van der Waals surface area contributed by atoms with Crippen LogP contribution < -0.4 is 10.6 Å². The highest BCUT2D eigenvalue weighted by atomic mass is 35.5. The standard InChI is InChI=1S/C32H46ClN3O4/c1-19(2)14-15-23(6)36(30(38)24(7)34-31(39)40-32(8,9)10)28(25-17-20(3)16-21(4)18-25)29(37)35-27-22(5)12-11-13-26(27)33/h11-13,16-19,23-24,28H,14-15H2,1-10H3,(H,34,39)(H,35,37). The maximum atomic E-state index is 14.2. The van der Waals surface area contributed by atoms with Crippen LogP contribution in [-0.2, 0) is 14.3 Å². The molecule has 0 aromatic heterocycles. The van der Waals surface area contributed by atoms with Gasteiger partial charge in [0.1, 0.15) is 17.7 Å². The first-order valence-electron chi connectivity index (χ1n) is 14.0. The van der Waals surface area contributed by atoms with E-state index in [4.69, 9.17) is 16.3 Å². The number of halogens is 1. The summed E-state index contributed by atoms with van der Waals surface area (Å²) in [5, 5.41) is 6.09. The van der Waals surface area contributed by atoms with Gasteiger partial charge in [0, 0.05) is 6.04 Å². The lowest BCUT2D eigenvalue weighted by Gasteiger charge is -2.38. The molecule has 0 fully saturated rings. The number of alkyl carbamates (subject to hydrolysis) is 1. The van der Waals surface area contributed by atoms with Gasteiger partial charge in [-0.15, -0.1) is 0 Å². The van der Waals surface area contributed by atoms with Gasteiger partial charge in [0.05, 0.1) is 10.7 Å². The number of rotatable bonds is 10. The van der Waals surface area contributed by atoms with Gasteiger partial charge in [-0.25, -0.2) is 4.79 Å². The van der Waals surface area contributed by atoms with E-state index in [0.29, 0.717) is 28.6 Å². The molecule has 2 rings (SSSR count). The number of nitrogens with one attached hydrogen (secondary N) is 2. The van der Waals surface area contributed by atoms with Crippen LogP contribution in [0.3, 0.4) is 0 Å². The van der Waals surface area contributed by atoms with Crippen molar-refractivity contribution in [3.63, 3.8) is 0 Å². The number of aryl methyl sites for hydroxylation is 3. The molecule has 3 amide bonds. The van der Waals surface area contributed by atoms with Crippen molar-refractivity contribution in [2.24, 2.45) is 5.92 Å². The minimum atomic E-state index is -0.966. The van der Waals surface area contributed by atoms with Gasteiger partial charge >= 0.3 is 6.09 Å². The van der Waals surface area contributed by atoms with E-state index in [1.54, 1.807) is 38.7 Å². The third-order valence-electron chi connectivity index (χ3n) is 6.55. The normalized spacial score (nSPS) is 13.8. The van der Waals surface area contributed by atoms with Gasteiger partial charge in [0.15, 0.2) is 0 Å². The van der Waals surface area contributed by atoms with Crippen LogP contribution in [0.15, 0.2) is 36.4 Å². The Balaban J connectivity index is 2.62. The van der Waals surface area contributed by atoms with Gasteiger partial charge in [-0.1, -0.05) is 66.9 Å². The molecule has 220 valence electrons. The summed E-state index contributed by atoms with van der Waals surface area (Å²) in [6, 6.07) is 9.09. The lowest BCUT2D eigenvalue weighted by Crippen LogP contribution is -2.54. The van der Waals surface area contributed by atoms with Crippen molar-refractivity contribution in [2.45, 2.75) is 106 Å². The third kappa shape index (κ3) is 9.54. The van der Waals surface area contributed by atoms with Crippen molar-refractivity contribution in [3.8, 4) is 0 Å². The maximum Gasteiger partial charge on any atom is 0.408 e. The maximum absolute atomic E-state index is 14.2. The molecule has 0 aliphatic carbocycles. The first-order chi connectivity index (χ1) is 18.5. The lowest BCUT2D eigenvalue weighted by atomic mass is 9.95. The molecule has 8 heteroatoms. The van der Waals surface area contributed by atoms with Crippen LogP contribution in [0.1, 0.15) is 89.6 Å². The zero-order valence-corrected chi connectivity index (χ0v) is 26.4. The average molecular weight is 572 g/mol. The average Bonchev–Trinajstić information content (AvgIpc) is 2.80. The second kappa shape index (κ2) is 14.0. The number of hydrogen-bond donors (Lipinski definition) is 2. The molecule has 0 radical (unpaired) electrons. The zero-order valence-electron chi connectivity index (χ0n) is 25.6. The minimum Gasteiger partial charge on any atom is -0.444 e. The largest absolute Gasteiger partial charge is 0.444 e. The highest BCUT2D eigenvalue weighted by molar-refractivity contribution is 6.34. The van der Waals surface area contributed by atoms with Crippen molar-refractivity contribution < 1.29 is 19.1 Å². The number of carbonyl (C=O) groups is 3. The minimum absolute atomic E-state index is 0.304. The summed E-state index contributed by atoms with van der Waals surface area (Å²) in [6.07, 6.45) is 0.855. The van der Waals surface area contributed by atoms with Crippen molar-refractivity contribution in [1.29, 1.82) is 0 Å². The zero-order chi connectivity index (χ0) is 30.4. The van der Waals surface area contributed by atoms with Gasteiger partial charge in [-0.2, -0.15) is 0 Å². The predicted molar refractivity (Wildman–Crippen MR) is 163 cm³/mol. The predicted octanol–water partition coefficient (Wildman–Crippen LogP) is 7.51. The van der Waals surface area contributed by atoms with Crippen molar-refractivity contribution in [1.82, 2.24) is 10.2 Å². The molecule has 0 saturated heterocycles. The molecule has 40 heavy (non-hydrogen) atoms. The molecule has 3 atom stereocenters. The first-order valence-corrected chi connectivity index (χ1v) is 14.3. The summed E-state index contributed by atoms with van der Waals surface area (Å²) >= 11 is 6.47. The number of amides is 3. The second-order valence-corrected chi connectivity index (χ2v) is 12.6. The van der Waals surface area contributed by atoms with Gasteiger partial charge < -0.3 is 20.3 Å². The van der Waals surface area contributed by atoms with Crippen LogP contribution in [-0.4, -0.2) is 40.5 Å². The van der Waals surface area contributed by atoms with Gasteiger partial charge in [0.25, 0.3) is 5.91 Å². The number of benzene rings is 2. The molecule has 0 aliphatic rings. The molecule has 2 aromatic rings. The molecule has 7 nitrogen and oxygen atoms in total. The number of ether oxygens (including phenoxy) is 1. The molecular formula is C32H46ClN3O4. The van der Waals surface area contributed by atoms with Gasteiger partial charge in [-0.05, 0) is 91.3 Å². The second-order valence-electron chi connectivity index (χ2n) is 12.2. The number of carbonyl (C=O) groups excluding carboxylic acids is 3. The Hall–Kier alpha value is -3.06. The van der Waals surface area contributed by atoms with E-state index in [9.17, 15) is 14.4 Å². The number of hydrogen-bond acceptors (Lipinski definition) is 4. The van der Waals surface area contributed by atoms with Gasteiger partial charge in [0.2, 0.25) is 5.91 Å². The van der Waals surface area contributed by atoms with E-state index in [2.05, 4.69) is 24.5 Å². The smallest absolute Gasteiger partial charge is 0.408 e. The molecule has 0 aliphatic heterocycles. The number of anilines is 1. The Morgan fingerprint density at radius 3 is 2.08 bits per heavy atom. The summed E-state index contributed by atoms with van der Waals surface area (Å²) < 4.78 is 5.39. The third-order valence-corrected chi connectivity index (χ3v) is 6.87. The van der Waals surface area contributed by atoms with Crippen LogP contribution in [0.25, 0.3) is 0 Å². The number of para-hydroxylation sites is 1. The van der Waals surface area contributed by atoms with Crippen LogP contribution in [0, 0.1) is 26.7 Å². The number of nitrogens with zero attached hydrogens (tertiary/aromatic N) is 1. The Kier molecular flexibility index (Phi) is 11.6. The SMILES string of the molecule is Cc1cc(C)cc(C(C(=O)Nc2c(C)cccc2Cl)N(C(=O)C(C)NC(=O)OC(C)(C)C)C(C)CCC(C)C)c1. The molecule has 0 bridgehead atoms. The Morgan fingerprint density at radius 1 is 0.950 bits per heavy atom. The van der Waals surface area contributed by atoms with E-state index >= 15 is 0 Å². The Morgan fingerprint density at radius 2 is 1.55 bits per heavy atom. The van der Waals surface area contributed by atoms with E-state index in [-0.39, 0.29) is 17.9 Å². The Labute approximate surface area is 245 Å². The quantitative estimate of drug-likeness (QED) is 0.309. The van der Waals surface area contributed by atoms with Crippen LogP contribution in [0.2, 0.25) is 5.02 Å². The highest BCUT2D eigenvalue weighted by Gasteiger charge is 2.38. The molecule has 2 N–H and O–H groups in total. The van der Waals surface area contributed by atoms with Crippen molar-refractivity contribution in [3.05, 3.63) is 63.7 Å². The summed E-state index contributed by atoms with van der Waals surface area (Å²) in [6.45, 7) is 18.9. The summed E-state index contributed by atoms with van der Waals surface area (Å²) in [5.41, 5.74) is 3.24. The molecule has 0 spiro atoms.